The van der Waals surface area contributed by atoms with Crippen molar-refractivity contribution in [2.45, 2.75) is 32.7 Å². The quantitative estimate of drug-likeness (QED) is 0.573. The van der Waals surface area contributed by atoms with Crippen LogP contribution in [-0.2, 0) is 0 Å². The molecular formula is C21H21BrN2O3. The summed E-state index contributed by atoms with van der Waals surface area (Å²) in [7, 11) is 0. The summed E-state index contributed by atoms with van der Waals surface area (Å²) in [6.07, 6.45) is 0.834. The van der Waals surface area contributed by atoms with Crippen LogP contribution in [0.2, 0.25) is 0 Å². The Morgan fingerprint density at radius 3 is 2.41 bits per heavy atom. The van der Waals surface area contributed by atoms with E-state index in [1.807, 2.05) is 39.0 Å². The summed E-state index contributed by atoms with van der Waals surface area (Å²) in [4.78, 5) is 24.7. The molecule has 0 unspecified atom stereocenters. The Morgan fingerprint density at radius 1 is 1.07 bits per heavy atom. The van der Waals surface area contributed by atoms with Gasteiger partial charge in [-0.25, -0.2) is 0 Å². The number of para-hydroxylation sites is 1. The minimum Gasteiger partial charge on any atom is -0.450 e. The average Bonchev–Trinajstić information content (AvgIpc) is 3.08. The van der Waals surface area contributed by atoms with E-state index in [1.54, 1.807) is 30.3 Å². The van der Waals surface area contributed by atoms with E-state index < -0.39 is 0 Å². The molecule has 0 spiro atoms. The number of anilines is 1. The topological polar surface area (TPSA) is 71.3 Å². The molecule has 140 valence electrons. The zero-order valence-electron chi connectivity index (χ0n) is 15.4. The number of carbonyl (C=O) groups is 2. The maximum atomic E-state index is 12.4. The third-order valence-electron chi connectivity index (χ3n) is 4.46. The molecule has 0 aliphatic carbocycles. The van der Waals surface area contributed by atoms with Gasteiger partial charge in [-0.05, 0) is 72.6 Å². The zero-order valence-corrected chi connectivity index (χ0v) is 17.0. The molecule has 2 N–H and O–H groups in total. The van der Waals surface area contributed by atoms with E-state index in [4.69, 9.17) is 4.42 Å². The van der Waals surface area contributed by atoms with Crippen molar-refractivity contribution in [3.63, 3.8) is 0 Å². The lowest BCUT2D eigenvalue weighted by atomic mass is 10.0. The monoisotopic (exact) mass is 428 g/mol. The van der Waals surface area contributed by atoms with Crippen LogP contribution >= 0.6 is 15.9 Å². The summed E-state index contributed by atoms with van der Waals surface area (Å²) in [6, 6.07) is 14.1. The van der Waals surface area contributed by atoms with E-state index in [2.05, 4.69) is 26.6 Å². The highest BCUT2D eigenvalue weighted by Gasteiger charge is 2.19. The van der Waals surface area contributed by atoms with Gasteiger partial charge >= 0.3 is 0 Å². The first-order chi connectivity index (χ1) is 12.8. The van der Waals surface area contributed by atoms with E-state index in [9.17, 15) is 9.59 Å². The molecule has 0 radical (unpaired) electrons. The summed E-state index contributed by atoms with van der Waals surface area (Å²) < 4.78 is 6.43. The lowest BCUT2D eigenvalue weighted by Crippen LogP contribution is -2.42. The van der Waals surface area contributed by atoms with Crippen molar-refractivity contribution in [2.24, 2.45) is 0 Å². The van der Waals surface area contributed by atoms with Crippen molar-refractivity contribution in [1.82, 2.24) is 5.32 Å². The number of furan rings is 1. The lowest BCUT2D eigenvalue weighted by molar-refractivity contribution is 0.0910. The van der Waals surface area contributed by atoms with E-state index in [0.717, 1.165) is 16.3 Å². The minimum atomic E-state index is -0.345. The lowest BCUT2D eigenvalue weighted by Gasteiger charge is -2.24. The molecule has 3 rings (SSSR count). The third-order valence-corrected chi connectivity index (χ3v) is 5.09. The molecule has 0 atom stereocenters. The first kappa shape index (κ1) is 19.2. The normalized spacial score (nSPS) is 11.4. The number of fused-ring (bicyclic) bond motifs is 1. The summed E-state index contributed by atoms with van der Waals surface area (Å²) in [5.41, 5.74) is 1.50. The molecule has 1 heterocycles. The Bertz CT molecular complexity index is 990. The van der Waals surface area contributed by atoms with Gasteiger partial charge in [-0.3, -0.25) is 9.59 Å². The smallest absolute Gasteiger partial charge is 0.291 e. The van der Waals surface area contributed by atoms with Crippen LogP contribution in [0.25, 0.3) is 11.0 Å². The van der Waals surface area contributed by atoms with Crippen LogP contribution in [0.5, 0.6) is 0 Å². The van der Waals surface area contributed by atoms with Crippen LogP contribution in [-0.4, -0.2) is 17.4 Å². The summed E-state index contributed by atoms with van der Waals surface area (Å²) in [5.74, 6) is -0.257. The Kier molecular flexibility index (Phi) is 5.37. The Labute approximate surface area is 166 Å². The van der Waals surface area contributed by atoms with Crippen LogP contribution in [0.4, 0.5) is 5.69 Å². The fraction of sp³-hybridized carbons (Fsp3) is 0.238. The largest absolute Gasteiger partial charge is 0.450 e. The van der Waals surface area contributed by atoms with Gasteiger partial charge in [0.25, 0.3) is 11.8 Å². The third kappa shape index (κ3) is 4.39. The van der Waals surface area contributed by atoms with Gasteiger partial charge in [-0.2, -0.15) is 0 Å². The molecule has 0 saturated heterocycles. The highest BCUT2D eigenvalue weighted by Crippen LogP contribution is 2.27. The number of hydrogen-bond acceptors (Lipinski definition) is 3. The highest BCUT2D eigenvalue weighted by atomic mass is 79.9. The van der Waals surface area contributed by atoms with E-state index >= 15 is 0 Å². The maximum absolute atomic E-state index is 12.4. The SMILES string of the molecule is CCC(C)(C)NC(=O)c1ccc(NC(=O)c2cc3cccc(Br)c3o2)cc1. The average molecular weight is 429 g/mol. The summed E-state index contributed by atoms with van der Waals surface area (Å²) >= 11 is 3.41. The summed E-state index contributed by atoms with van der Waals surface area (Å²) in [6.45, 7) is 5.98. The van der Waals surface area contributed by atoms with Gasteiger partial charge in [-0.1, -0.05) is 19.1 Å². The molecule has 1 aromatic heterocycles. The number of benzene rings is 2. The minimum absolute atomic E-state index is 0.137. The first-order valence-corrected chi connectivity index (χ1v) is 9.50. The number of carbonyl (C=O) groups excluding carboxylic acids is 2. The van der Waals surface area contributed by atoms with Crippen molar-refractivity contribution in [2.75, 3.05) is 5.32 Å². The number of rotatable bonds is 5. The molecule has 0 aliphatic heterocycles. The number of nitrogens with one attached hydrogen (secondary N) is 2. The van der Waals surface area contributed by atoms with Gasteiger partial charge in [0.05, 0.1) is 4.47 Å². The van der Waals surface area contributed by atoms with Crippen molar-refractivity contribution in [1.29, 1.82) is 0 Å². The van der Waals surface area contributed by atoms with Gasteiger partial charge in [0.15, 0.2) is 5.76 Å². The van der Waals surface area contributed by atoms with Crippen LogP contribution in [0.3, 0.4) is 0 Å². The van der Waals surface area contributed by atoms with Gasteiger partial charge in [-0.15, -0.1) is 0 Å². The molecular weight excluding hydrogens is 408 g/mol. The molecule has 5 nitrogen and oxygen atoms in total. The molecule has 0 aliphatic rings. The molecule has 3 aromatic rings. The van der Waals surface area contributed by atoms with Gasteiger partial charge in [0, 0.05) is 22.2 Å². The molecule has 6 heteroatoms. The molecule has 2 amide bonds. The second-order valence-electron chi connectivity index (χ2n) is 6.99. The molecule has 0 saturated carbocycles. The van der Waals surface area contributed by atoms with Crippen LogP contribution in [0, 0.1) is 0 Å². The Morgan fingerprint density at radius 2 is 1.78 bits per heavy atom. The fourth-order valence-corrected chi connectivity index (χ4v) is 2.97. The van der Waals surface area contributed by atoms with Crippen LogP contribution < -0.4 is 10.6 Å². The molecule has 0 fully saturated rings. The van der Waals surface area contributed by atoms with E-state index in [0.29, 0.717) is 16.8 Å². The molecule has 2 aromatic carbocycles. The van der Waals surface area contributed by atoms with Gasteiger partial charge in [0.1, 0.15) is 5.58 Å². The van der Waals surface area contributed by atoms with Gasteiger partial charge in [0.2, 0.25) is 0 Å². The maximum Gasteiger partial charge on any atom is 0.291 e. The molecule has 0 bridgehead atoms. The Balaban J connectivity index is 1.71. The van der Waals surface area contributed by atoms with E-state index in [-0.39, 0.29) is 23.1 Å². The zero-order chi connectivity index (χ0) is 19.6. The number of hydrogen-bond donors (Lipinski definition) is 2. The second kappa shape index (κ2) is 7.56. The number of halogens is 1. The van der Waals surface area contributed by atoms with Crippen LogP contribution in [0.15, 0.2) is 57.4 Å². The van der Waals surface area contributed by atoms with Crippen molar-refractivity contribution in [3.05, 3.63) is 64.3 Å². The van der Waals surface area contributed by atoms with Crippen molar-refractivity contribution < 1.29 is 14.0 Å². The predicted octanol–water partition coefficient (Wildman–Crippen LogP) is 5.37. The molecule has 27 heavy (non-hydrogen) atoms. The predicted molar refractivity (Wildman–Crippen MR) is 110 cm³/mol. The second-order valence-corrected chi connectivity index (χ2v) is 7.85. The standard InChI is InChI=1S/C21H21BrN2O3/c1-4-21(2,3)24-19(25)13-8-10-15(11-9-13)23-20(26)17-12-14-6-5-7-16(22)18(14)27-17/h5-12H,4H2,1-3H3,(H,23,26)(H,24,25). The van der Waals surface area contributed by atoms with E-state index in [1.165, 1.54) is 0 Å². The Hall–Kier alpha value is -2.60. The fourth-order valence-electron chi connectivity index (χ4n) is 2.50. The van der Waals surface area contributed by atoms with Crippen LogP contribution in [0.1, 0.15) is 48.1 Å². The first-order valence-electron chi connectivity index (χ1n) is 8.71. The van der Waals surface area contributed by atoms with Crippen molar-refractivity contribution >= 4 is 44.4 Å². The highest BCUT2D eigenvalue weighted by molar-refractivity contribution is 9.10. The number of amides is 2. The van der Waals surface area contributed by atoms with Crippen molar-refractivity contribution in [3.8, 4) is 0 Å². The van der Waals surface area contributed by atoms with Gasteiger partial charge < -0.3 is 15.1 Å². The summed E-state index contributed by atoms with van der Waals surface area (Å²) in [5, 5.41) is 6.61.